The smallest absolute Gasteiger partial charge is 0.126 e. The molecule has 0 fully saturated rings. The van der Waals surface area contributed by atoms with Crippen molar-refractivity contribution in [2.24, 2.45) is 0 Å². The predicted octanol–water partition coefficient (Wildman–Crippen LogP) is 4.56. The van der Waals surface area contributed by atoms with E-state index in [4.69, 9.17) is 16.0 Å². The quantitative estimate of drug-likeness (QED) is 0.730. The van der Waals surface area contributed by atoms with Crippen molar-refractivity contribution in [3.8, 4) is 0 Å². The molecule has 3 heteroatoms. The Balaban J connectivity index is 2.20. The molecule has 0 radical (unpaired) electrons. The molecule has 1 nitrogen and oxygen atoms in total. The van der Waals surface area contributed by atoms with Crippen LogP contribution in [-0.4, -0.2) is 0 Å². The van der Waals surface area contributed by atoms with Gasteiger partial charge in [-0.15, -0.1) is 11.6 Å². The molecule has 0 aliphatic rings. The first-order valence-corrected chi connectivity index (χ1v) is 5.96. The first-order chi connectivity index (χ1) is 8.08. The lowest BCUT2D eigenvalue weighted by atomic mass is 10.0. The van der Waals surface area contributed by atoms with Crippen LogP contribution in [0.1, 0.15) is 28.0 Å². The van der Waals surface area contributed by atoms with Gasteiger partial charge in [0.2, 0.25) is 0 Å². The Hall–Kier alpha value is -1.28. The second-order valence-corrected chi connectivity index (χ2v) is 4.66. The molecule has 0 saturated heterocycles. The minimum absolute atomic E-state index is 0.212. The summed E-state index contributed by atoms with van der Waals surface area (Å²) >= 11 is 6.30. The van der Waals surface area contributed by atoms with Crippen LogP contribution in [0.3, 0.4) is 0 Å². The lowest BCUT2D eigenvalue weighted by Gasteiger charge is -2.09. The Morgan fingerprint density at radius 1 is 1.29 bits per heavy atom. The summed E-state index contributed by atoms with van der Waals surface area (Å²) in [6, 6.07) is 8.61. The van der Waals surface area contributed by atoms with Crippen molar-refractivity contribution in [2.75, 3.05) is 0 Å². The van der Waals surface area contributed by atoms with Gasteiger partial charge in [-0.3, -0.25) is 0 Å². The molecule has 2 rings (SSSR count). The molecule has 1 unspecified atom stereocenters. The molecule has 0 aliphatic heterocycles. The van der Waals surface area contributed by atoms with Gasteiger partial charge in [-0.05, 0) is 38.0 Å². The minimum Gasteiger partial charge on any atom is -0.466 e. The van der Waals surface area contributed by atoms with Crippen LogP contribution < -0.4 is 0 Å². The summed E-state index contributed by atoms with van der Waals surface area (Å²) < 4.78 is 18.9. The Morgan fingerprint density at radius 2 is 2.00 bits per heavy atom. The highest BCUT2D eigenvalue weighted by Gasteiger charge is 2.16. The van der Waals surface area contributed by atoms with Crippen molar-refractivity contribution < 1.29 is 8.81 Å². The second kappa shape index (κ2) is 4.92. The summed E-state index contributed by atoms with van der Waals surface area (Å²) in [6.07, 6.45) is 0.466. The van der Waals surface area contributed by atoms with Crippen molar-refractivity contribution in [3.05, 3.63) is 58.8 Å². The zero-order valence-corrected chi connectivity index (χ0v) is 10.6. The third-order valence-corrected chi connectivity index (χ3v) is 3.16. The zero-order valence-electron chi connectivity index (χ0n) is 9.84. The van der Waals surface area contributed by atoms with Gasteiger partial charge in [0.25, 0.3) is 0 Å². The van der Waals surface area contributed by atoms with Crippen LogP contribution in [-0.2, 0) is 6.42 Å². The zero-order chi connectivity index (χ0) is 12.4. The van der Waals surface area contributed by atoms with E-state index < -0.39 is 0 Å². The van der Waals surface area contributed by atoms with E-state index in [0.717, 1.165) is 17.1 Å². The van der Waals surface area contributed by atoms with Crippen LogP contribution in [0.25, 0.3) is 0 Å². The van der Waals surface area contributed by atoms with Crippen LogP contribution in [0.5, 0.6) is 0 Å². The van der Waals surface area contributed by atoms with Crippen molar-refractivity contribution >= 4 is 11.6 Å². The fourth-order valence-electron chi connectivity index (χ4n) is 1.93. The highest BCUT2D eigenvalue weighted by atomic mass is 35.5. The largest absolute Gasteiger partial charge is 0.466 e. The number of furan rings is 1. The molecule has 17 heavy (non-hydrogen) atoms. The van der Waals surface area contributed by atoms with Crippen LogP contribution in [0.2, 0.25) is 0 Å². The van der Waals surface area contributed by atoms with E-state index in [1.165, 1.54) is 6.07 Å². The number of hydrogen-bond acceptors (Lipinski definition) is 1. The molecule has 0 aliphatic carbocycles. The van der Waals surface area contributed by atoms with E-state index in [2.05, 4.69) is 0 Å². The average molecular weight is 253 g/mol. The number of benzene rings is 1. The molecular formula is C14H14ClFO. The average Bonchev–Trinajstić information content (AvgIpc) is 2.61. The van der Waals surface area contributed by atoms with Crippen molar-refractivity contribution in [3.63, 3.8) is 0 Å². The summed E-state index contributed by atoms with van der Waals surface area (Å²) in [4.78, 5) is 0. The highest BCUT2D eigenvalue weighted by Crippen LogP contribution is 2.30. The summed E-state index contributed by atoms with van der Waals surface area (Å²) in [5.74, 6) is 1.42. The third-order valence-electron chi connectivity index (χ3n) is 2.77. The topological polar surface area (TPSA) is 13.1 Å². The number of halogens is 2. The van der Waals surface area contributed by atoms with E-state index >= 15 is 0 Å². The Kier molecular flexibility index (Phi) is 3.53. The molecule has 0 spiro atoms. The van der Waals surface area contributed by atoms with Gasteiger partial charge in [-0.25, -0.2) is 4.39 Å². The lowest BCUT2D eigenvalue weighted by Crippen LogP contribution is -1.98. The number of hydrogen-bond donors (Lipinski definition) is 0. The van der Waals surface area contributed by atoms with Crippen LogP contribution in [0, 0.1) is 19.7 Å². The molecular weight excluding hydrogens is 239 g/mol. The van der Waals surface area contributed by atoms with Gasteiger partial charge in [0.1, 0.15) is 17.3 Å². The number of alkyl halides is 1. The minimum atomic E-state index is -0.260. The Bertz CT molecular complexity index is 519. The highest BCUT2D eigenvalue weighted by molar-refractivity contribution is 6.21. The van der Waals surface area contributed by atoms with Gasteiger partial charge in [-0.1, -0.05) is 18.2 Å². The van der Waals surface area contributed by atoms with Gasteiger partial charge in [-0.2, -0.15) is 0 Å². The van der Waals surface area contributed by atoms with Crippen LogP contribution >= 0.6 is 11.6 Å². The first-order valence-electron chi connectivity index (χ1n) is 5.52. The van der Waals surface area contributed by atoms with E-state index in [1.54, 1.807) is 12.1 Å². The fourth-order valence-corrected chi connectivity index (χ4v) is 2.31. The standard InChI is InChI=1S/C14H14ClFO/c1-9-7-12(10(2)17-9)13(15)8-11-5-3-4-6-14(11)16/h3-7,13H,8H2,1-2H3. The molecule has 1 aromatic heterocycles. The predicted molar refractivity (Wildman–Crippen MR) is 66.9 cm³/mol. The van der Waals surface area contributed by atoms with E-state index in [9.17, 15) is 4.39 Å². The van der Waals surface area contributed by atoms with E-state index in [1.807, 2.05) is 26.0 Å². The monoisotopic (exact) mass is 252 g/mol. The van der Waals surface area contributed by atoms with Crippen molar-refractivity contribution in [1.29, 1.82) is 0 Å². The molecule has 90 valence electrons. The van der Waals surface area contributed by atoms with Crippen LogP contribution in [0.4, 0.5) is 4.39 Å². The number of rotatable bonds is 3. The molecule has 0 bridgehead atoms. The molecule has 1 heterocycles. The van der Waals surface area contributed by atoms with Crippen LogP contribution in [0.15, 0.2) is 34.7 Å². The maximum Gasteiger partial charge on any atom is 0.126 e. The summed E-state index contributed by atoms with van der Waals surface area (Å²) in [5.41, 5.74) is 1.57. The van der Waals surface area contributed by atoms with Crippen molar-refractivity contribution in [1.82, 2.24) is 0 Å². The van der Waals surface area contributed by atoms with Gasteiger partial charge in [0.15, 0.2) is 0 Å². The lowest BCUT2D eigenvalue weighted by molar-refractivity contribution is 0.500. The fraction of sp³-hybridized carbons (Fsp3) is 0.286. The second-order valence-electron chi connectivity index (χ2n) is 4.13. The molecule has 0 N–H and O–H groups in total. The van der Waals surface area contributed by atoms with Gasteiger partial charge >= 0.3 is 0 Å². The van der Waals surface area contributed by atoms with Gasteiger partial charge < -0.3 is 4.42 Å². The van der Waals surface area contributed by atoms with Gasteiger partial charge in [0.05, 0.1) is 5.38 Å². The number of aryl methyl sites for hydroxylation is 2. The molecule has 0 saturated carbocycles. The van der Waals surface area contributed by atoms with E-state index in [-0.39, 0.29) is 11.2 Å². The summed E-state index contributed by atoms with van der Waals surface area (Å²) in [7, 11) is 0. The molecule has 0 amide bonds. The molecule has 1 aromatic carbocycles. The van der Waals surface area contributed by atoms with Crippen molar-refractivity contribution in [2.45, 2.75) is 25.6 Å². The van der Waals surface area contributed by atoms with E-state index in [0.29, 0.717) is 12.0 Å². The first kappa shape index (κ1) is 12.2. The normalized spacial score (nSPS) is 12.7. The molecule has 2 aromatic rings. The third kappa shape index (κ3) is 2.70. The maximum absolute atomic E-state index is 13.5. The summed E-state index contributed by atoms with van der Waals surface area (Å²) in [5, 5.41) is -0.260. The maximum atomic E-state index is 13.5. The van der Waals surface area contributed by atoms with Gasteiger partial charge in [0, 0.05) is 5.56 Å². The Labute approximate surface area is 105 Å². The Morgan fingerprint density at radius 3 is 2.59 bits per heavy atom. The summed E-state index contributed by atoms with van der Waals surface area (Å²) in [6.45, 7) is 3.75. The molecule has 1 atom stereocenters. The SMILES string of the molecule is Cc1cc(C(Cl)Cc2ccccc2F)c(C)o1.